The Labute approximate surface area is 336 Å². The predicted molar refractivity (Wildman–Crippen MR) is 216 cm³/mol. The van der Waals surface area contributed by atoms with Gasteiger partial charge in [-0.05, 0) is 82.0 Å². The van der Waals surface area contributed by atoms with Crippen molar-refractivity contribution >= 4 is 48.0 Å². The lowest BCUT2D eigenvalue weighted by Crippen LogP contribution is -2.51. The topological polar surface area (TPSA) is 136 Å². The molecule has 0 aliphatic carbocycles. The van der Waals surface area contributed by atoms with Crippen molar-refractivity contribution in [3.63, 3.8) is 0 Å². The molecule has 4 rings (SSSR count). The van der Waals surface area contributed by atoms with E-state index in [1.165, 1.54) is 18.7 Å². The van der Waals surface area contributed by atoms with E-state index in [1.807, 2.05) is 20.8 Å². The van der Waals surface area contributed by atoms with Crippen LogP contribution in [-0.4, -0.2) is 85.0 Å². The van der Waals surface area contributed by atoms with Gasteiger partial charge in [0.15, 0.2) is 6.10 Å². The second-order valence-corrected chi connectivity index (χ2v) is 18.2. The summed E-state index contributed by atoms with van der Waals surface area (Å²) in [6.07, 6.45) is 1.19. The number of hydrogen-bond acceptors (Lipinski definition) is 10. The molecule has 302 valence electrons. The van der Waals surface area contributed by atoms with Crippen molar-refractivity contribution in [1.29, 1.82) is 0 Å². The maximum absolute atomic E-state index is 13.8. The summed E-state index contributed by atoms with van der Waals surface area (Å²) in [4.78, 5) is 56.4. The molecule has 13 heteroatoms. The molecular weight excluding hydrogens is 742 g/mol. The van der Waals surface area contributed by atoms with E-state index in [0.29, 0.717) is 16.3 Å². The Morgan fingerprint density at radius 3 is 2.33 bits per heavy atom. The molecule has 2 aromatic rings. The third-order valence-electron chi connectivity index (χ3n) is 9.70. The Morgan fingerprint density at radius 1 is 1.04 bits per heavy atom. The highest BCUT2D eigenvalue weighted by Crippen LogP contribution is 2.45. The lowest BCUT2D eigenvalue weighted by Gasteiger charge is -2.29. The van der Waals surface area contributed by atoms with E-state index in [2.05, 4.69) is 73.3 Å². The quantitative estimate of drug-likeness (QED) is 0.129. The number of carbonyl (C=O) groups excluding carboxylic acids is 4. The molecule has 0 radical (unpaired) electrons. The number of nitrogens with one attached hydrogen (secondary N) is 2. The number of hydrogen-bond donors (Lipinski definition) is 3. The highest BCUT2D eigenvalue weighted by molar-refractivity contribution is 7.81. The van der Waals surface area contributed by atoms with Gasteiger partial charge in [0, 0.05) is 43.1 Å². The van der Waals surface area contributed by atoms with Gasteiger partial charge in [-0.2, -0.15) is 12.6 Å². The van der Waals surface area contributed by atoms with Crippen LogP contribution in [0.2, 0.25) is 5.02 Å². The van der Waals surface area contributed by atoms with Gasteiger partial charge in [0.1, 0.15) is 24.0 Å². The highest BCUT2D eigenvalue weighted by atomic mass is 35.5. The number of amides is 2. The van der Waals surface area contributed by atoms with Gasteiger partial charge < -0.3 is 34.5 Å². The van der Waals surface area contributed by atoms with E-state index >= 15 is 0 Å². The number of rotatable bonds is 12. The van der Waals surface area contributed by atoms with Crippen molar-refractivity contribution in [3.8, 4) is 5.75 Å². The van der Waals surface area contributed by atoms with E-state index in [0.717, 1.165) is 18.7 Å². The Morgan fingerprint density at radius 2 is 1.71 bits per heavy atom. The molecule has 0 unspecified atom stereocenters. The van der Waals surface area contributed by atoms with Crippen molar-refractivity contribution in [3.05, 3.63) is 76.3 Å². The van der Waals surface area contributed by atoms with Crippen LogP contribution in [0, 0.1) is 17.3 Å². The van der Waals surface area contributed by atoms with E-state index in [-0.39, 0.29) is 54.6 Å². The van der Waals surface area contributed by atoms with Gasteiger partial charge in [0.05, 0.1) is 23.7 Å². The summed E-state index contributed by atoms with van der Waals surface area (Å²) < 4.78 is 23.3. The van der Waals surface area contributed by atoms with E-state index in [4.69, 9.17) is 30.5 Å². The van der Waals surface area contributed by atoms with Crippen molar-refractivity contribution in [2.24, 2.45) is 17.3 Å². The average molecular weight is 800 g/mol. The molecule has 2 aliphatic rings. The Hall–Kier alpha value is -3.58. The van der Waals surface area contributed by atoms with Crippen LogP contribution in [0.5, 0.6) is 5.75 Å². The summed E-state index contributed by atoms with van der Waals surface area (Å²) in [7, 11) is 3.58. The summed E-state index contributed by atoms with van der Waals surface area (Å²) >= 11 is 11.0. The van der Waals surface area contributed by atoms with Crippen LogP contribution >= 0.6 is 24.2 Å². The van der Waals surface area contributed by atoms with Crippen LogP contribution in [0.25, 0.3) is 0 Å². The fourth-order valence-corrected chi connectivity index (χ4v) is 7.18. The maximum Gasteiger partial charge on any atom is 0.347 e. The first kappa shape index (κ1) is 44.1. The minimum atomic E-state index is -1.21. The van der Waals surface area contributed by atoms with Crippen molar-refractivity contribution in [2.75, 3.05) is 27.2 Å². The van der Waals surface area contributed by atoms with Gasteiger partial charge in [-0.15, -0.1) is 0 Å². The van der Waals surface area contributed by atoms with E-state index in [9.17, 15) is 19.2 Å². The number of nitrogens with zero attached hydrogens (tertiary/aromatic N) is 1. The number of thiol groups is 1. The van der Waals surface area contributed by atoms with E-state index in [1.54, 1.807) is 38.1 Å². The predicted octanol–water partition coefficient (Wildman–Crippen LogP) is 6.26. The number of cyclic esters (lactones) is 2. The third kappa shape index (κ3) is 13.3. The van der Waals surface area contributed by atoms with Crippen LogP contribution in [0.3, 0.4) is 0 Å². The standard InChI is InChI=1S/C42H58ClN3O8S/c1-25(2)19-34-39(49)52-32(26(3)36-37(54-36)29-16-13-27(14-17-29)22-46(8)24-42(6,7)55)11-10-12-35(47)45-31(21-28-15-18-33(51-9)30(43)20-28)38(48)44-23-41(4,5)40(50)53-34/h10,12-18,20,25-26,31-32,34,36-37,55H,11,19,21-24H2,1-9H3,(H,44,48)(H,45,47)/t26-,31+,32-,34-,36+,37+/m0/s1. The van der Waals surface area contributed by atoms with Crippen LogP contribution < -0.4 is 15.4 Å². The first-order valence-corrected chi connectivity index (χ1v) is 19.7. The molecule has 6 atom stereocenters. The van der Waals surface area contributed by atoms with Crippen LogP contribution in [0.1, 0.15) is 84.1 Å². The zero-order chi connectivity index (χ0) is 40.7. The minimum absolute atomic E-state index is 0.00809. The molecule has 55 heavy (non-hydrogen) atoms. The molecule has 11 nitrogen and oxygen atoms in total. The molecule has 1 saturated heterocycles. The molecule has 1 fully saturated rings. The van der Waals surface area contributed by atoms with Crippen LogP contribution in [-0.2, 0) is 46.4 Å². The first-order valence-electron chi connectivity index (χ1n) is 18.9. The monoisotopic (exact) mass is 799 g/mol. The van der Waals surface area contributed by atoms with Crippen molar-refractivity contribution < 1.29 is 38.1 Å². The second kappa shape index (κ2) is 19.0. The second-order valence-electron chi connectivity index (χ2n) is 16.6. The molecule has 2 N–H and O–H groups in total. The van der Waals surface area contributed by atoms with Crippen molar-refractivity contribution in [1.82, 2.24) is 15.5 Å². The first-order chi connectivity index (χ1) is 25.8. The lowest BCUT2D eigenvalue weighted by molar-refractivity contribution is -0.179. The summed E-state index contributed by atoms with van der Waals surface area (Å²) in [6.45, 7) is 14.7. The molecule has 0 aromatic heterocycles. The lowest BCUT2D eigenvalue weighted by atomic mass is 9.92. The van der Waals surface area contributed by atoms with Crippen LogP contribution in [0.4, 0.5) is 0 Å². The Kier molecular flexibility index (Phi) is 15.3. The third-order valence-corrected chi connectivity index (χ3v) is 10.1. The maximum atomic E-state index is 13.8. The Balaban J connectivity index is 1.56. The number of benzene rings is 2. The summed E-state index contributed by atoms with van der Waals surface area (Å²) in [5.74, 6) is -2.13. The van der Waals surface area contributed by atoms with Gasteiger partial charge >= 0.3 is 11.9 Å². The molecule has 0 saturated carbocycles. The SMILES string of the molecule is COc1ccc(C[C@H]2NC(=O)C=CC[C@@H]([C@H](C)[C@H]3O[C@@H]3c3ccc(CN(C)CC(C)(C)S)cc3)OC(=O)[C@H](CC(C)C)OC(=O)C(C)(C)CNC2=O)cc1Cl. The smallest absolute Gasteiger partial charge is 0.347 e. The van der Waals surface area contributed by atoms with Crippen molar-refractivity contribution in [2.45, 2.75) is 109 Å². The van der Waals surface area contributed by atoms with Gasteiger partial charge in [-0.3, -0.25) is 14.4 Å². The molecule has 2 amide bonds. The Bertz CT molecular complexity index is 1690. The minimum Gasteiger partial charge on any atom is -0.495 e. The molecule has 0 bridgehead atoms. The zero-order valence-corrected chi connectivity index (χ0v) is 35.2. The average Bonchev–Trinajstić information content (AvgIpc) is 3.89. The number of epoxide rings is 1. The number of carbonyl (C=O) groups is 4. The normalized spacial score (nSPS) is 24.5. The van der Waals surface area contributed by atoms with Gasteiger partial charge in [0.2, 0.25) is 11.8 Å². The van der Waals surface area contributed by atoms with Crippen LogP contribution in [0.15, 0.2) is 54.6 Å². The number of halogens is 1. The molecule has 2 aromatic carbocycles. The highest BCUT2D eigenvalue weighted by Gasteiger charge is 2.48. The number of methoxy groups -OCH3 is 1. The summed E-state index contributed by atoms with van der Waals surface area (Å²) in [6, 6.07) is 12.5. The molecule has 2 heterocycles. The molecular formula is C42H58ClN3O8S. The fraction of sp³-hybridized carbons (Fsp3) is 0.571. The van der Waals surface area contributed by atoms with Gasteiger partial charge in [-0.1, -0.05) is 68.8 Å². The largest absolute Gasteiger partial charge is 0.495 e. The van der Waals surface area contributed by atoms with E-state index < -0.39 is 47.4 Å². The molecule has 2 aliphatic heterocycles. The summed E-state index contributed by atoms with van der Waals surface area (Å²) in [5.41, 5.74) is 1.67. The van der Waals surface area contributed by atoms with Gasteiger partial charge in [-0.25, -0.2) is 4.79 Å². The summed E-state index contributed by atoms with van der Waals surface area (Å²) in [5, 5.41) is 5.94. The number of esters is 2. The fourth-order valence-electron chi connectivity index (χ4n) is 6.66. The zero-order valence-electron chi connectivity index (χ0n) is 33.5. The molecule has 0 spiro atoms. The van der Waals surface area contributed by atoms with Gasteiger partial charge in [0.25, 0.3) is 0 Å². The number of ether oxygens (including phenoxy) is 4.